The summed E-state index contributed by atoms with van der Waals surface area (Å²) in [7, 11) is 0. The largest absolute Gasteiger partial charge is 0.387 e. The monoisotopic (exact) mass is 158 g/mol. The Bertz CT molecular complexity index is 116. The molecule has 0 aromatic rings. The molecule has 1 aliphatic rings. The molecule has 0 amide bonds. The first kappa shape index (κ1) is 9.01. The number of aliphatic hydroxyl groups excluding tert-OH is 1. The van der Waals surface area contributed by atoms with E-state index < -0.39 is 0 Å². The van der Waals surface area contributed by atoms with E-state index in [4.69, 9.17) is 0 Å². The molecule has 2 heteroatoms. The van der Waals surface area contributed by atoms with Crippen LogP contribution in [0.25, 0.3) is 0 Å². The quantitative estimate of drug-likeness (QED) is 0.594. The molecule has 1 aliphatic heterocycles. The van der Waals surface area contributed by atoms with Gasteiger partial charge < -0.3 is 10.4 Å². The van der Waals surface area contributed by atoms with Crippen molar-refractivity contribution in [2.45, 2.75) is 57.7 Å². The summed E-state index contributed by atoms with van der Waals surface area (Å²) in [6, 6.07) is 1.19. The van der Waals surface area contributed by atoms with Gasteiger partial charge in [0.05, 0.1) is 6.04 Å². The number of hydrogen-bond acceptors (Lipinski definition) is 1. The lowest BCUT2D eigenvalue weighted by molar-refractivity contribution is -0.734. The van der Waals surface area contributed by atoms with Gasteiger partial charge in [0.15, 0.2) is 0 Å². The number of hydrogen-bond donors (Lipinski definition) is 2. The van der Waals surface area contributed by atoms with E-state index in [-0.39, 0.29) is 6.10 Å². The molecule has 3 N–H and O–H groups in total. The fourth-order valence-electron chi connectivity index (χ4n) is 1.91. The average molecular weight is 158 g/mol. The fourth-order valence-corrected chi connectivity index (χ4v) is 1.91. The SMILES string of the molecule is CCC[C@@H]1CC[C@H](O)[C@H](C)[NH2+]1. The molecule has 1 rings (SSSR count). The zero-order valence-electron chi connectivity index (χ0n) is 7.59. The molecule has 3 atom stereocenters. The Hall–Kier alpha value is -0.0800. The van der Waals surface area contributed by atoms with E-state index in [1.165, 1.54) is 19.3 Å². The lowest BCUT2D eigenvalue weighted by Gasteiger charge is -2.29. The van der Waals surface area contributed by atoms with Gasteiger partial charge in [-0.05, 0) is 19.8 Å². The molecule has 1 saturated heterocycles. The summed E-state index contributed by atoms with van der Waals surface area (Å²) >= 11 is 0. The van der Waals surface area contributed by atoms with Gasteiger partial charge >= 0.3 is 0 Å². The number of rotatable bonds is 2. The second-order valence-corrected chi connectivity index (χ2v) is 3.75. The number of piperidine rings is 1. The molecule has 0 saturated carbocycles. The van der Waals surface area contributed by atoms with E-state index in [0.29, 0.717) is 6.04 Å². The van der Waals surface area contributed by atoms with E-state index in [0.717, 1.165) is 12.5 Å². The summed E-state index contributed by atoms with van der Waals surface area (Å²) in [5.41, 5.74) is 0. The van der Waals surface area contributed by atoms with Crippen molar-refractivity contribution in [2.75, 3.05) is 0 Å². The van der Waals surface area contributed by atoms with Crippen molar-refractivity contribution in [3.05, 3.63) is 0 Å². The predicted octanol–water partition coefficient (Wildman–Crippen LogP) is 0.262. The van der Waals surface area contributed by atoms with Crippen LogP contribution in [0.15, 0.2) is 0 Å². The Kier molecular flexibility index (Phi) is 3.34. The second kappa shape index (κ2) is 4.07. The minimum atomic E-state index is -0.0666. The summed E-state index contributed by atoms with van der Waals surface area (Å²) in [5.74, 6) is 0. The molecule has 11 heavy (non-hydrogen) atoms. The molecule has 0 aromatic heterocycles. The van der Waals surface area contributed by atoms with Crippen LogP contribution in [-0.2, 0) is 0 Å². The van der Waals surface area contributed by atoms with Gasteiger partial charge in [0.25, 0.3) is 0 Å². The van der Waals surface area contributed by atoms with Crippen molar-refractivity contribution in [1.82, 2.24) is 0 Å². The minimum Gasteiger partial charge on any atom is -0.387 e. The maximum Gasteiger partial charge on any atom is 0.109 e. The van der Waals surface area contributed by atoms with Gasteiger partial charge in [-0.25, -0.2) is 0 Å². The van der Waals surface area contributed by atoms with Crippen LogP contribution in [0.2, 0.25) is 0 Å². The third kappa shape index (κ3) is 2.46. The van der Waals surface area contributed by atoms with Crippen LogP contribution >= 0.6 is 0 Å². The predicted molar refractivity (Wildman–Crippen MR) is 45.3 cm³/mol. The van der Waals surface area contributed by atoms with Crippen LogP contribution in [0.1, 0.15) is 39.5 Å². The number of aliphatic hydroxyl groups is 1. The summed E-state index contributed by atoms with van der Waals surface area (Å²) in [6.45, 7) is 4.34. The maximum atomic E-state index is 9.43. The van der Waals surface area contributed by atoms with Crippen LogP contribution in [0.3, 0.4) is 0 Å². The van der Waals surface area contributed by atoms with E-state index in [1.54, 1.807) is 0 Å². The molecule has 0 aliphatic carbocycles. The summed E-state index contributed by atoms with van der Waals surface area (Å²) in [6.07, 6.45) is 4.70. The molecule has 0 unspecified atom stereocenters. The van der Waals surface area contributed by atoms with Gasteiger partial charge in [-0.15, -0.1) is 0 Å². The minimum absolute atomic E-state index is 0.0666. The van der Waals surface area contributed by atoms with Gasteiger partial charge in [-0.3, -0.25) is 0 Å². The number of nitrogens with two attached hydrogens (primary N) is 1. The second-order valence-electron chi connectivity index (χ2n) is 3.75. The smallest absolute Gasteiger partial charge is 0.109 e. The average Bonchev–Trinajstić information content (AvgIpc) is 1.98. The Morgan fingerprint density at radius 2 is 2.18 bits per heavy atom. The van der Waals surface area contributed by atoms with Crippen LogP contribution in [-0.4, -0.2) is 23.3 Å². The standard InChI is InChI=1S/C9H19NO/c1-3-4-8-5-6-9(11)7(2)10-8/h7-11H,3-6H2,1-2H3/p+1/t7-,8+,9-/m0/s1. The Morgan fingerprint density at radius 1 is 1.45 bits per heavy atom. The first-order valence-corrected chi connectivity index (χ1v) is 4.77. The normalized spacial score (nSPS) is 39.0. The molecule has 2 nitrogen and oxygen atoms in total. The Labute approximate surface area is 69.0 Å². The first-order valence-electron chi connectivity index (χ1n) is 4.77. The maximum absolute atomic E-state index is 9.43. The summed E-state index contributed by atoms with van der Waals surface area (Å²) < 4.78 is 0. The van der Waals surface area contributed by atoms with Gasteiger partial charge in [0.2, 0.25) is 0 Å². The topological polar surface area (TPSA) is 36.8 Å². The lowest BCUT2D eigenvalue weighted by atomic mass is 9.94. The molecular formula is C9H20NO+. The van der Waals surface area contributed by atoms with Gasteiger partial charge in [0, 0.05) is 6.42 Å². The van der Waals surface area contributed by atoms with Crippen molar-refractivity contribution in [1.29, 1.82) is 0 Å². The highest BCUT2D eigenvalue weighted by Gasteiger charge is 2.27. The summed E-state index contributed by atoms with van der Waals surface area (Å²) in [4.78, 5) is 0. The Morgan fingerprint density at radius 3 is 2.73 bits per heavy atom. The van der Waals surface area contributed by atoms with Crippen molar-refractivity contribution in [3.8, 4) is 0 Å². The highest BCUT2D eigenvalue weighted by molar-refractivity contribution is 4.70. The molecule has 1 heterocycles. The van der Waals surface area contributed by atoms with Gasteiger partial charge in [0.1, 0.15) is 12.1 Å². The zero-order valence-corrected chi connectivity index (χ0v) is 7.59. The van der Waals surface area contributed by atoms with E-state index in [2.05, 4.69) is 19.2 Å². The van der Waals surface area contributed by atoms with Gasteiger partial charge in [-0.1, -0.05) is 13.3 Å². The third-order valence-electron chi connectivity index (χ3n) is 2.68. The molecule has 1 fully saturated rings. The van der Waals surface area contributed by atoms with Crippen molar-refractivity contribution >= 4 is 0 Å². The van der Waals surface area contributed by atoms with Crippen LogP contribution in [0.4, 0.5) is 0 Å². The third-order valence-corrected chi connectivity index (χ3v) is 2.68. The highest BCUT2D eigenvalue weighted by Crippen LogP contribution is 2.10. The van der Waals surface area contributed by atoms with Crippen molar-refractivity contribution < 1.29 is 10.4 Å². The van der Waals surface area contributed by atoms with Crippen molar-refractivity contribution in [2.24, 2.45) is 0 Å². The molecular weight excluding hydrogens is 138 g/mol. The van der Waals surface area contributed by atoms with Crippen LogP contribution in [0, 0.1) is 0 Å². The molecule has 0 spiro atoms. The molecule has 66 valence electrons. The summed E-state index contributed by atoms with van der Waals surface area (Å²) in [5, 5.41) is 11.8. The lowest BCUT2D eigenvalue weighted by Crippen LogP contribution is -2.98. The van der Waals surface area contributed by atoms with Crippen LogP contribution < -0.4 is 5.32 Å². The fraction of sp³-hybridized carbons (Fsp3) is 1.00. The number of quaternary nitrogens is 1. The van der Waals surface area contributed by atoms with Crippen molar-refractivity contribution in [3.63, 3.8) is 0 Å². The van der Waals surface area contributed by atoms with Gasteiger partial charge in [-0.2, -0.15) is 0 Å². The van der Waals surface area contributed by atoms with Crippen LogP contribution in [0.5, 0.6) is 0 Å². The van der Waals surface area contributed by atoms with E-state index in [1.807, 2.05) is 0 Å². The zero-order chi connectivity index (χ0) is 8.27. The highest BCUT2D eigenvalue weighted by atomic mass is 16.3. The first-order chi connectivity index (χ1) is 5.24. The Balaban J connectivity index is 2.28. The van der Waals surface area contributed by atoms with E-state index in [9.17, 15) is 5.11 Å². The molecule has 0 aromatic carbocycles. The van der Waals surface area contributed by atoms with E-state index >= 15 is 0 Å². The molecule has 0 bridgehead atoms. The molecule has 0 radical (unpaired) electrons.